The molecule has 2 heterocycles. The Morgan fingerprint density at radius 2 is 2.29 bits per heavy atom. The highest BCUT2D eigenvalue weighted by molar-refractivity contribution is 5.89. The van der Waals surface area contributed by atoms with Crippen LogP contribution in [0.5, 0.6) is 0 Å². The highest BCUT2D eigenvalue weighted by Crippen LogP contribution is 2.56. The Morgan fingerprint density at radius 3 is 2.88 bits per heavy atom. The third kappa shape index (κ3) is 1.49. The molecule has 1 aliphatic carbocycles. The lowest BCUT2D eigenvalue weighted by Gasteiger charge is -2.33. The summed E-state index contributed by atoms with van der Waals surface area (Å²) in [5.41, 5.74) is 0.483. The summed E-state index contributed by atoms with van der Waals surface area (Å²) in [5.74, 6) is -0.0810. The van der Waals surface area contributed by atoms with Gasteiger partial charge >= 0.3 is 5.97 Å². The van der Waals surface area contributed by atoms with Gasteiger partial charge in [0.15, 0.2) is 0 Å². The summed E-state index contributed by atoms with van der Waals surface area (Å²) >= 11 is 0. The molecular weight excluding hydrogens is 224 g/mol. The molecule has 17 heavy (non-hydrogen) atoms. The van der Waals surface area contributed by atoms with E-state index in [0.717, 1.165) is 19.4 Å². The van der Waals surface area contributed by atoms with Crippen LogP contribution in [0.15, 0.2) is 11.8 Å². The summed E-state index contributed by atoms with van der Waals surface area (Å²) in [7, 11) is 3.01. The van der Waals surface area contributed by atoms with Crippen LogP contribution in [0.1, 0.15) is 12.8 Å². The summed E-state index contributed by atoms with van der Waals surface area (Å²) in [6.07, 6.45) is 3.05. The van der Waals surface area contributed by atoms with Crippen molar-refractivity contribution >= 4 is 5.97 Å². The van der Waals surface area contributed by atoms with E-state index in [1.165, 1.54) is 13.4 Å². The molecule has 1 spiro atoms. The van der Waals surface area contributed by atoms with Gasteiger partial charge in [0.1, 0.15) is 5.60 Å². The number of esters is 1. The Bertz CT molecular complexity index is 371. The molecule has 2 aliphatic heterocycles. The molecule has 3 rings (SSSR count). The van der Waals surface area contributed by atoms with Crippen LogP contribution in [-0.4, -0.2) is 38.7 Å². The first-order chi connectivity index (χ1) is 8.22. The van der Waals surface area contributed by atoms with Crippen molar-refractivity contribution < 1.29 is 23.7 Å². The van der Waals surface area contributed by atoms with Crippen LogP contribution in [0.25, 0.3) is 0 Å². The number of hydrogen-bond donors (Lipinski definition) is 0. The molecule has 0 radical (unpaired) electrons. The van der Waals surface area contributed by atoms with Crippen molar-refractivity contribution in [3.63, 3.8) is 0 Å². The molecule has 5 nitrogen and oxygen atoms in total. The Morgan fingerprint density at radius 1 is 1.53 bits per heavy atom. The zero-order valence-electron chi connectivity index (χ0n) is 9.97. The van der Waals surface area contributed by atoms with E-state index >= 15 is 0 Å². The van der Waals surface area contributed by atoms with Crippen molar-refractivity contribution in [3.8, 4) is 0 Å². The van der Waals surface area contributed by atoms with Gasteiger partial charge in [-0.05, 0) is 12.8 Å². The molecule has 4 atom stereocenters. The third-order valence-electron chi connectivity index (χ3n) is 4.11. The van der Waals surface area contributed by atoms with Gasteiger partial charge in [-0.15, -0.1) is 0 Å². The molecule has 5 heteroatoms. The summed E-state index contributed by atoms with van der Waals surface area (Å²) in [4.78, 5) is 11.7. The minimum atomic E-state index is -0.321. The number of carbonyl (C=O) groups excluding carboxylic acids is 1. The molecule has 0 aromatic rings. The number of fused-ring (bicyclic) bond motifs is 2. The van der Waals surface area contributed by atoms with Crippen molar-refractivity contribution in [2.45, 2.75) is 24.7 Å². The largest absolute Gasteiger partial charge is 0.472 e. The van der Waals surface area contributed by atoms with E-state index in [9.17, 15) is 4.79 Å². The maximum atomic E-state index is 11.7. The van der Waals surface area contributed by atoms with Gasteiger partial charge in [0.25, 0.3) is 0 Å². The topological polar surface area (TPSA) is 57.3 Å². The van der Waals surface area contributed by atoms with Gasteiger partial charge in [0.2, 0.25) is 6.29 Å². The SMILES string of the molecule is COC(=O)C1=COC(OC)C2C1CCC21CO1. The van der Waals surface area contributed by atoms with Crippen molar-refractivity contribution in [2.75, 3.05) is 20.8 Å². The van der Waals surface area contributed by atoms with Crippen LogP contribution >= 0.6 is 0 Å². The van der Waals surface area contributed by atoms with Gasteiger partial charge < -0.3 is 18.9 Å². The lowest BCUT2D eigenvalue weighted by atomic mass is 9.83. The van der Waals surface area contributed by atoms with Crippen molar-refractivity contribution in [1.82, 2.24) is 0 Å². The first-order valence-electron chi connectivity index (χ1n) is 5.82. The Labute approximate surface area is 99.7 Å². The van der Waals surface area contributed by atoms with Gasteiger partial charge in [-0.1, -0.05) is 0 Å². The summed E-state index contributed by atoms with van der Waals surface area (Å²) in [6.45, 7) is 0.742. The summed E-state index contributed by atoms with van der Waals surface area (Å²) in [6, 6.07) is 0. The Kier molecular flexibility index (Phi) is 2.41. The van der Waals surface area contributed by atoms with E-state index in [1.807, 2.05) is 0 Å². The molecule has 3 aliphatic rings. The van der Waals surface area contributed by atoms with Gasteiger partial charge in [-0.25, -0.2) is 4.79 Å². The van der Waals surface area contributed by atoms with Crippen molar-refractivity contribution in [3.05, 3.63) is 11.8 Å². The molecular formula is C12H16O5. The molecule has 0 aromatic heterocycles. The lowest BCUT2D eigenvalue weighted by Crippen LogP contribution is -2.41. The average molecular weight is 240 g/mol. The number of ether oxygens (including phenoxy) is 4. The minimum Gasteiger partial charge on any atom is -0.472 e. The van der Waals surface area contributed by atoms with E-state index in [4.69, 9.17) is 18.9 Å². The molecule has 1 saturated carbocycles. The Hall–Kier alpha value is -1.07. The van der Waals surface area contributed by atoms with E-state index in [2.05, 4.69) is 0 Å². The third-order valence-corrected chi connectivity index (χ3v) is 4.11. The molecule has 94 valence electrons. The molecule has 0 aromatic carbocycles. The quantitative estimate of drug-likeness (QED) is 0.529. The zero-order valence-corrected chi connectivity index (χ0v) is 9.97. The predicted octanol–water partition coefficient (Wildman–Crippen LogP) is 0.841. The fraction of sp³-hybridized carbons (Fsp3) is 0.750. The van der Waals surface area contributed by atoms with Crippen LogP contribution in [0, 0.1) is 11.8 Å². The second-order valence-electron chi connectivity index (χ2n) is 4.83. The predicted molar refractivity (Wildman–Crippen MR) is 56.9 cm³/mol. The number of rotatable bonds is 2. The average Bonchev–Trinajstić information content (AvgIpc) is 3.04. The first kappa shape index (κ1) is 11.0. The van der Waals surface area contributed by atoms with Gasteiger partial charge in [-0.2, -0.15) is 0 Å². The molecule has 1 saturated heterocycles. The van der Waals surface area contributed by atoms with Crippen LogP contribution in [-0.2, 0) is 23.7 Å². The molecule has 0 N–H and O–H groups in total. The fourth-order valence-corrected chi connectivity index (χ4v) is 3.16. The Balaban J connectivity index is 1.91. The lowest BCUT2D eigenvalue weighted by molar-refractivity contribution is -0.156. The van der Waals surface area contributed by atoms with Gasteiger partial charge in [0, 0.05) is 13.0 Å². The summed E-state index contributed by atoms with van der Waals surface area (Å²) < 4.78 is 21.2. The number of hydrogen-bond acceptors (Lipinski definition) is 5. The van der Waals surface area contributed by atoms with E-state index in [1.54, 1.807) is 7.11 Å². The monoisotopic (exact) mass is 240 g/mol. The van der Waals surface area contributed by atoms with Gasteiger partial charge in [0.05, 0.1) is 31.5 Å². The first-order valence-corrected chi connectivity index (χ1v) is 5.82. The number of epoxide rings is 1. The zero-order chi connectivity index (χ0) is 12.0. The van der Waals surface area contributed by atoms with Crippen molar-refractivity contribution in [2.24, 2.45) is 11.8 Å². The second kappa shape index (κ2) is 3.71. The summed E-state index contributed by atoms with van der Waals surface area (Å²) in [5, 5.41) is 0. The standard InChI is InChI=1S/C12H16O5/c1-14-10(13)8-5-16-11(15-2)9-7(8)3-4-12(9)6-17-12/h5,7,9,11H,3-4,6H2,1-2H3. The van der Waals surface area contributed by atoms with Crippen LogP contribution in [0.4, 0.5) is 0 Å². The molecule has 0 amide bonds. The number of methoxy groups -OCH3 is 2. The normalized spacial score (nSPS) is 42.7. The second-order valence-corrected chi connectivity index (χ2v) is 4.83. The highest BCUT2D eigenvalue weighted by atomic mass is 16.7. The maximum Gasteiger partial charge on any atom is 0.337 e. The van der Waals surface area contributed by atoms with Crippen LogP contribution in [0.2, 0.25) is 0 Å². The highest BCUT2D eigenvalue weighted by Gasteiger charge is 2.64. The fourth-order valence-electron chi connectivity index (χ4n) is 3.16. The van der Waals surface area contributed by atoms with Crippen molar-refractivity contribution in [1.29, 1.82) is 0 Å². The molecule has 2 fully saturated rings. The van der Waals surface area contributed by atoms with E-state index in [-0.39, 0.29) is 29.7 Å². The van der Waals surface area contributed by atoms with E-state index < -0.39 is 0 Å². The van der Waals surface area contributed by atoms with Crippen LogP contribution < -0.4 is 0 Å². The number of carbonyl (C=O) groups is 1. The van der Waals surface area contributed by atoms with E-state index in [0.29, 0.717) is 5.57 Å². The molecule has 4 unspecified atom stereocenters. The molecule has 0 bridgehead atoms. The van der Waals surface area contributed by atoms with Gasteiger partial charge in [-0.3, -0.25) is 0 Å². The van der Waals surface area contributed by atoms with Crippen LogP contribution in [0.3, 0.4) is 0 Å². The minimum absolute atomic E-state index is 0.103. The maximum absolute atomic E-state index is 11.7. The smallest absolute Gasteiger partial charge is 0.337 e.